The molecule has 0 saturated carbocycles. The quantitative estimate of drug-likeness (QED) is 0.0478. The summed E-state index contributed by atoms with van der Waals surface area (Å²) in [6, 6.07) is 46.4. The minimum atomic E-state index is -0.929. The fourth-order valence-corrected chi connectivity index (χ4v) is 6.17. The van der Waals surface area contributed by atoms with Crippen molar-refractivity contribution in [2.45, 2.75) is 69.8 Å². The van der Waals surface area contributed by atoms with Gasteiger partial charge in [-0.05, 0) is 45.5 Å². The van der Waals surface area contributed by atoms with Gasteiger partial charge in [-0.2, -0.15) is 0 Å². The molecule has 1 saturated heterocycles. The molecule has 0 N–H and O–H groups in total. The number of hydrogen-bond acceptors (Lipinski definition) is 8. The van der Waals surface area contributed by atoms with Gasteiger partial charge >= 0.3 is 0 Å². The molecule has 10 heteroatoms. The molecule has 53 heavy (non-hydrogen) atoms. The maximum Gasteiger partial charge on any atom is 0.187 e. The highest BCUT2D eigenvalue weighted by Gasteiger charge is 2.51. The van der Waals surface area contributed by atoms with Gasteiger partial charge in [0.2, 0.25) is 0 Å². The Morgan fingerprint density at radius 3 is 1.47 bits per heavy atom. The Balaban J connectivity index is 1.35. The van der Waals surface area contributed by atoms with Gasteiger partial charge in [0, 0.05) is 4.91 Å². The van der Waals surface area contributed by atoms with Crippen molar-refractivity contribution in [3.05, 3.63) is 184 Å². The molecule has 0 bridgehead atoms. The van der Waals surface area contributed by atoms with Crippen LogP contribution in [-0.4, -0.2) is 50.5 Å². The Morgan fingerprint density at radius 1 is 0.547 bits per heavy atom. The second kappa shape index (κ2) is 20.3. The van der Waals surface area contributed by atoms with Crippen molar-refractivity contribution in [3.63, 3.8) is 0 Å². The van der Waals surface area contributed by atoms with Gasteiger partial charge in [0.25, 0.3) is 0 Å². The molecule has 274 valence electrons. The number of methoxy groups -OCH3 is 1. The van der Waals surface area contributed by atoms with E-state index in [1.807, 2.05) is 146 Å². The number of rotatable bonds is 19. The number of ether oxygens (including phenoxy) is 7. The van der Waals surface area contributed by atoms with Gasteiger partial charge < -0.3 is 33.2 Å². The van der Waals surface area contributed by atoms with Gasteiger partial charge in [-0.25, -0.2) is 0 Å². The van der Waals surface area contributed by atoms with Gasteiger partial charge in [-0.1, -0.05) is 139 Å². The van der Waals surface area contributed by atoms with Crippen LogP contribution in [0.1, 0.15) is 27.8 Å². The molecule has 0 amide bonds. The predicted molar refractivity (Wildman–Crippen MR) is 201 cm³/mol. The molecule has 6 rings (SSSR count). The van der Waals surface area contributed by atoms with Crippen molar-refractivity contribution in [1.29, 1.82) is 0 Å². The molecular formula is C43H45N3O7. The normalized spacial score (nSPS) is 20.3. The highest BCUT2D eigenvalue weighted by Crippen LogP contribution is 2.34. The molecule has 5 aromatic carbocycles. The zero-order valence-corrected chi connectivity index (χ0v) is 29.8. The van der Waals surface area contributed by atoms with Crippen LogP contribution in [0.15, 0.2) is 151 Å². The van der Waals surface area contributed by atoms with Crippen molar-refractivity contribution >= 4 is 0 Å². The van der Waals surface area contributed by atoms with Gasteiger partial charge in [0.15, 0.2) is 6.29 Å². The van der Waals surface area contributed by atoms with Crippen LogP contribution < -0.4 is 4.74 Å². The number of azide groups is 1. The summed E-state index contributed by atoms with van der Waals surface area (Å²) in [6.07, 6.45) is -3.98. The van der Waals surface area contributed by atoms with Crippen molar-refractivity contribution < 1.29 is 33.2 Å². The lowest BCUT2D eigenvalue weighted by Crippen LogP contribution is -2.63. The average Bonchev–Trinajstić information content (AvgIpc) is 3.22. The summed E-state index contributed by atoms with van der Waals surface area (Å²) in [5.74, 6) is 0.749. The van der Waals surface area contributed by atoms with E-state index in [1.54, 1.807) is 7.11 Å². The van der Waals surface area contributed by atoms with E-state index < -0.39 is 36.7 Å². The van der Waals surface area contributed by atoms with Crippen molar-refractivity contribution in [3.8, 4) is 5.75 Å². The van der Waals surface area contributed by atoms with E-state index in [2.05, 4.69) is 10.0 Å². The highest BCUT2D eigenvalue weighted by atomic mass is 16.7. The van der Waals surface area contributed by atoms with E-state index in [0.717, 1.165) is 33.6 Å². The molecule has 1 fully saturated rings. The molecule has 0 aliphatic carbocycles. The largest absolute Gasteiger partial charge is 0.497 e. The Morgan fingerprint density at radius 2 is 0.981 bits per heavy atom. The summed E-state index contributed by atoms with van der Waals surface area (Å²) >= 11 is 0. The first-order chi connectivity index (χ1) is 26.2. The van der Waals surface area contributed by atoms with Crippen LogP contribution in [0.3, 0.4) is 0 Å². The second-order valence-electron chi connectivity index (χ2n) is 12.7. The summed E-state index contributed by atoms with van der Waals surface area (Å²) in [7, 11) is 1.64. The van der Waals surface area contributed by atoms with Gasteiger partial charge in [-0.3, -0.25) is 0 Å². The Hall–Kier alpha value is -5.03. The van der Waals surface area contributed by atoms with E-state index in [1.165, 1.54) is 0 Å². The lowest BCUT2D eigenvalue weighted by Gasteiger charge is -2.47. The Labute approximate surface area is 310 Å². The van der Waals surface area contributed by atoms with Crippen LogP contribution in [-0.2, 0) is 61.5 Å². The maximum atomic E-state index is 9.82. The zero-order valence-electron chi connectivity index (χ0n) is 29.8. The lowest BCUT2D eigenvalue weighted by atomic mass is 9.93. The summed E-state index contributed by atoms with van der Waals surface area (Å²) in [5, 5.41) is 4.21. The molecule has 0 radical (unpaired) electrons. The molecule has 6 atom stereocenters. The van der Waals surface area contributed by atoms with Crippen LogP contribution in [0.25, 0.3) is 10.4 Å². The molecule has 0 aromatic heterocycles. The summed E-state index contributed by atoms with van der Waals surface area (Å²) < 4.78 is 45.2. The van der Waals surface area contributed by atoms with E-state index in [0.29, 0.717) is 6.61 Å². The molecule has 1 aliphatic rings. The van der Waals surface area contributed by atoms with Crippen LogP contribution in [0.2, 0.25) is 0 Å². The van der Waals surface area contributed by atoms with Crippen molar-refractivity contribution in [2.24, 2.45) is 5.11 Å². The SMILES string of the molecule is COc1ccc(CO[C@H]2[C@@H](OCc3ccccc3)O[C@H]([C@H](COCc3ccccc3)N=[N+]=[N-])[C@@H](OCc3ccccc3)[C@@H]2OCc2ccccc2)cc1. The summed E-state index contributed by atoms with van der Waals surface area (Å²) in [6.45, 7) is 1.42. The van der Waals surface area contributed by atoms with Crippen LogP contribution in [0.4, 0.5) is 0 Å². The molecule has 0 spiro atoms. The van der Waals surface area contributed by atoms with Gasteiger partial charge in [0.1, 0.15) is 30.2 Å². The first-order valence-electron chi connectivity index (χ1n) is 17.7. The smallest absolute Gasteiger partial charge is 0.187 e. The van der Waals surface area contributed by atoms with Gasteiger partial charge in [0.05, 0.1) is 52.8 Å². The van der Waals surface area contributed by atoms with Crippen molar-refractivity contribution in [2.75, 3.05) is 13.7 Å². The monoisotopic (exact) mass is 715 g/mol. The first-order valence-corrected chi connectivity index (χ1v) is 17.7. The van der Waals surface area contributed by atoms with E-state index in [4.69, 9.17) is 33.2 Å². The van der Waals surface area contributed by atoms with Crippen LogP contribution in [0.5, 0.6) is 5.75 Å². The van der Waals surface area contributed by atoms with Crippen LogP contribution >= 0.6 is 0 Å². The number of hydrogen-bond donors (Lipinski definition) is 0. The molecular weight excluding hydrogens is 670 g/mol. The van der Waals surface area contributed by atoms with E-state index in [-0.39, 0.29) is 33.0 Å². The predicted octanol–water partition coefficient (Wildman–Crippen LogP) is 8.59. The van der Waals surface area contributed by atoms with Crippen molar-refractivity contribution in [1.82, 2.24) is 0 Å². The number of benzene rings is 5. The third-order valence-corrected chi connectivity index (χ3v) is 8.94. The lowest BCUT2D eigenvalue weighted by molar-refractivity contribution is -0.329. The zero-order chi connectivity index (χ0) is 36.5. The Bertz CT molecular complexity index is 1810. The first kappa shape index (κ1) is 37.7. The standard InChI is InChI=1S/C43H45N3O7/c1-47-37-24-22-36(23-25-37)29-51-42-41(50-28-34-18-10-4-11-19-34)40(49-27-33-16-8-3-9-17-33)39(53-43(42)52-30-35-20-12-5-13-21-35)38(45-46-44)31-48-26-32-14-6-2-7-15-32/h2-25,38-43H,26-31H2,1H3/t38-,39+,40+,41-,42+,43-/m0/s1. The molecule has 10 nitrogen and oxygen atoms in total. The van der Waals surface area contributed by atoms with Gasteiger partial charge in [-0.15, -0.1) is 0 Å². The van der Waals surface area contributed by atoms with E-state index in [9.17, 15) is 5.53 Å². The van der Waals surface area contributed by atoms with Crippen LogP contribution in [0, 0.1) is 0 Å². The second-order valence-corrected chi connectivity index (χ2v) is 12.7. The summed E-state index contributed by atoms with van der Waals surface area (Å²) in [5.41, 5.74) is 14.7. The molecule has 0 unspecified atom stereocenters. The minimum absolute atomic E-state index is 0.0724. The third kappa shape index (κ3) is 11.2. The molecule has 1 heterocycles. The number of nitrogens with zero attached hydrogens (tertiary/aromatic N) is 3. The topological polar surface area (TPSA) is 113 Å². The highest BCUT2D eigenvalue weighted by molar-refractivity contribution is 5.27. The fraction of sp³-hybridized carbons (Fsp3) is 0.302. The fourth-order valence-electron chi connectivity index (χ4n) is 6.17. The third-order valence-electron chi connectivity index (χ3n) is 8.94. The minimum Gasteiger partial charge on any atom is -0.497 e. The Kier molecular flexibility index (Phi) is 14.4. The maximum absolute atomic E-state index is 9.82. The average molecular weight is 716 g/mol. The molecule has 5 aromatic rings. The molecule has 1 aliphatic heterocycles. The summed E-state index contributed by atoms with van der Waals surface area (Å²) in [4.78, 5) is 3.22. The van der Waals surface area contributed by atoms with E-state index >= 15 is 0 Å².